The first-order chi connectivity index (χ1) is 20.4. The topological polar surface area (TPSA) is 109 Å². The van der Waals surface area contributed by atoms with Crippen molar-refractivity contribution in [1.29, 1.82) is 0 Å². The van der Waals surface area contributed by atoms with Crippen molar-refractivity contribution in [3.63, 3.8) is 0 Å². The summed E-state index contributed by atoms with van der Waals surface area (Å²) in [5.74, 6) is 1.72. The van der Waals surface area contributed by atoms with E-state index in [2.05, 4.69) is 14.3 Å². The number of aliphatic hydroxyl groups is 1. The molecule has 216 valence electrons. The fourth-order valence-corrected chi connectivity index (χ4v) is 7.57. The van der Waals surface area contributed by atoms with Crippen LogP contribution >= 0.6 is 22.9 Å². The maximum Gasteiger partial charge on any atom is 0.243 e. The molecule has 0 saturated carbocycles. The van der Waals surface area contributed by atoms with Crippen molar-refractivity contribution < 1.29 is 18.3 Å². The maximum atomic E-state index is 13.4. The molecule has 0 radical (unpaired) electrons. The van der Waals surface area contributed by atoms with E-state index in [1.54, 1.807) is 47.7 Å². The summed E-state index contributed by atoms with van der Waals surface area (Å²) < 4.78 is 38.7. The highest BCUT2D eigenvalue weighted by Gasteiger charge is 2.28. The lowest BCUT2D eigenvalue weighted by Gasteiger charge is -2.21. The third-order valence-corrected chi connectivity index (χ3v) is 10.5. The second kappa shape index (κ2) is 12.3. The fraction of sp³-hybridized carbons (Fsp3) is 0.233. The average molecular weight is 620 g/mol. The zero-order valence-electron chi connectivity index (χ0n) is 22.8. The summed E-state index contributed by atoms with van der Waals surface area (Å²) in [6, 6.07) is 23.6. The highest BCUT2D eigenvalue weighted by Crippen LogP contribution is 2.29. The Hall–Kier alpha value is -3.68. The van der Waals surface area contributed by atoms with E-state index in [0.29, 0.717) is 54.9 Å². The van der Waals surface area contributed by atoms with E-state index in [-0.39, 0.29) is 4.90 Å². The molecular weight excluding hydrogens is 591 g/mol. The zero-order valence-corrected chi connectivity index (χ0v) is 25.3. The van der Waals surface area contributed by atoms with Crippen LogP contribution in [0.15, 0.2) is 89.1 Å². The average Bonchev–Trinajstić information content (AvgIpc) is 3.61. The van der Waals surface area contributed by atoms with Gasteiger partial charge in [0.1, 0.15) is 17.6 Å². The zero-order chi connectivity index (χ0) is 29.1. The van der Waals surface area contributed by atoms with Gasteiger partial charge in [0, 0.05) is 48.7 Å². The van der Waals surface area contributed by atoms with Crippen molar-refractivity contribution in [3.8, 4) is 22.8 Å². The first kappa shape index (κ1) is 28.4. The van der Waals surface area contributed by atoms with Gasteiger partial charge in [0.05, 0.1) is 15.6 Å². The monoisotopic (exact) mass is 619 g/mol. The number of hydrogen-bond donors (Lipinski definition) is 1. The van der Waals surface area contributed by atoms with E-state index in [4.69, 9.17) is 4.74 Å². The summed E-state index contributed by atoms with van der Waals surface area (Å²) in [5, 5.41) is 14.5. The molecule has 0 spiro atoms. The van der Waals surface area contributed by atoms with Crippen LogP contribution in [0.25, 0.3) is 11.3 Å². The van der Waals surface area contributed by atoms with Gasteiger partial charge >= 0.3 is 0 Å². The quantitative estimate of drug-likeness (QED) is 0.234. The number of aliphatic hydroxyl groups excluding tert-OH is 1. The van der Waals surface area contributed by atoms with Crippen molar-refractivity contribution in [1.82, 2.24) is 18.6 Å². The molecule has 12 heteroatoms. The van der Waals surface area contributed by atoms with Crippen LogP contribution < -0.4 is 9.64 Å². The molecular formula is C30H29N5O4S3. The number of ether oxygens (including phenoxy) is 1. The molecule has 0 bridgehead atoms. The number of thiazole rings is 1. The Morgan fingerprint density at radius 3 is 2.33 bits per heavy atom. The smallest absolute Gasteiger partial charge is 0.243 e. The van der Waals surface area contributed by atoms with Crippen molar-refractivity contribution in [2.75, 3.05) is 31.1 Å². The van der Waals surface area contributed by atoms with Crippen molar-refractivity contribution in [3.05, 3.63) is 101 Å². The van der Waals surface area contributed by atoms with E-state index >= 15 is 0 Å². The van der Waals surface area contributed by atoms with E-state index in [9.17, 15) is 13.5 Å². The predicted octanol–water partition coefficient (Wildman–Crippen LogP) is 5.75. The van der Waals surface area contributed by atoms with Crippen LogP contribution in [0.1, 0.15) is 28.9 Å². The number of nitrogens with zero attached hydrogens (tertiary/aromatic N) is 5. The van der Waals surface area contributed by atoms with Gasteiger partial charge in [0.15, 0.2) is 5.82 Å². The summed E-state index contributed by atoms with van der Waals surface area (Å²) in [5.41, 5.74) is 2.40. The first-order valence-electron chi connectivity index (χ1n) is 13.5. The number of para-hydroxylation sites is 1. The number of sulfonamides is 1. The van der Waals surface area contributed by atoms with Gasteiger partial charge in [-0.25, -0.2) is 18.4 Å². The van der Waals surface area contributed by atoms with Gasteiger partial charge in [-0.1, -0.05) is 42.5 Å². The van der Waals surface area contributed by atoms with Gasteiger partial charge in [0.25, 0.3) is 0 Å². The molecule has 0 aliphatic carbocycles. The number of benzene rings is 3. The number of rotatable bonds is 8. The molecule has 6 rings (SSSR count). The molecule has 0 amide bonds. The van der Waals surface area contributed by atoms with Crippen molar-refractivity contribution in [2.24, 2.45) is 0 Å². The molecule has 1 unspecified atom stereocenters. The Morgan fingerprint density at radius 2 is 1.62 bits per heavy atom. The number of hydrogen-bond acceptors (Lipinski definition) is 10. The lowest BCUT2D eigenvalue weighted by atomic mass is 10.1. The maximum absolute atomic E-state index is 13.4. The summed E-state index contributed by atoms with van der Waals surface area (Å²) in [6.45, 7) is 3.81. The van der Waals surface area contributed by atoms with Crippen LogP contribution in [0.2, 0.25) is 0 Å². The van der Waals surface area contributed by atoms with Crippen LogP contribution in [-0.4, -0.2) is 58.4 Å². The standard InChI is InChI=1S/C30H29N5O4S3/c1-21-31-27(20-40-21)22-10-14-26(15-11-22)42(37,38)35-17-5-16-34(18-19-35)30-32-29(33-41-30)28(36)23-8-12-25(13-9-23)39-24-6-3-2-4-7-24/h2-4,6-15,20,28,36H,5,16-19H2,1H3. The van der Waals surface area contributed by atoms with Crippen molar-refractivity contribution in [2.45, 2.75) is 24.3 Å². The van der Waals surface area contributed by atoms with Crippen molar-refractivity contribution >= 4 is 38.0 Å². The predicted molar refractivity (Wildman–Crippen MR) is 165 cm³/mol. The van der Waals surface area contributed by atoms with E-state index in [0.717, 1.165) is 22.0 Å². The Kier molecular flexibility index (Phi) is 8.31. The fourth-order valence-electron chi connectivity index (χ4n) is 4.73. The van der Waals surface area contributed by atoms with Gasteiger partial charge in [0.2, 0.25) is 15.2 Å². The first-order valence-corrected chi connectivity index (χ1v) is 16.6. The number of aromatic nitrogens is 3. The van der Waals surface area contributed by atoms with E-state index < -0.39 is 16.1 Å². The molecule has 2 aromatic heterocycles. The van der Waals surface area contributed by atoms with Crippen LogP contribution in [-0.2, 0) is 10.0 Å². The highest BCUT2D eigenvalue weighted by molar-refractivity contribution is 7.89. The summed E-state index contributed by atoms with van der Waals surface area (Å²) in [7, 11) is -3.65. The van der Waals surface area contributed by atoms with Gasteiger partial charge in [-0.3, -0.25) is 0 Å². The Labute approximate surface area is 252 Å². The van der Waals surface area contributed by atoms with Gasteiger partial charge in [-0.15, -0.1) is 11.3 Å². The van der Waals surface area contributed by atoms with Crippen LogP contribution in [0.4, 0.5) is 5.13 Å². The Bertz CT molecular complexity index is 1740. The third-order valence-electron chi connectivity index (χ3n) is 6.98. The molecule has 3 aromatic carbocycles. The molecule has 1 N–H and O–H groups in total. The molecule has 1 atom stereocenters. The van der Waals surface area contributed by atoms with Crippen LogP contribution in [0.5, 0.6) is 11.5 Å². The molecule has 5 aromatic rings. The van der Waals surface area contributed by atoms with Gasteiger partial charge in [-0.2, -0.15) is 8.68 Å². The molecule has 9 nitrogen and oxygen atoms in total. The lowest BCUT2D eigenvalue weighted by molar-refractivity contribution is 0.211. The minimum atomic E-state index is -3.65. The normalized spacial score (nSPS) is 15.3. The SMILES string of the molecule is Cc1nc(-c2ccc(S(=O)(=O)N3CCCN(c4nc(C(O)c5ccc(Oc6ccccc6)cc5)ns4)CC3)cc2)cs1. The summed E-state index contributed by atoms with van der Waals surface area (Å²) in [6.07, 6.45) is -0.337. The van der Waals surface area contributed by atoms with Crippen LogP contribution in [0.3, 0.4) is 0 Å². The van der Waals surface area contributed by atoms with Gasteiger partial charge < -0.3 is 14.7 Å². The Balaban J connectivity index is 1.09. The summed E-state index contributed by atoms with van der Waals surface area (Å²) in [4.78, 5) is 11.4. The second-order valence-electron chi connectivity index (χ2n) is 9.84. The molecule has 1 aliphatic rings. The number of anilines is 1. The molecule has 1 aliphatic heterocycles. The number of aryl methyl sites for hydroxylation is 1. The minimum Gasteiger partial charge on any atom is -0.457 e. The highest BCUT2D eigenvalue weighted by atomic mass is 32.2. The Morgan fingerprint density at radius 1 is 0.881 bits per heavy atom. The molecule has 1 fully saturated rings. The molecule has 3 heterocycles. The van der Waals surface area contributed by atoms with Gasteiger partial charge in [-0.05, 0) is 55.3 Å². The van der Waals surface area contributed by atoms with Crippen LogP contribution in [0, 0.1) is 6.92 Å². The minimum absolute atomic E-state index is 0.271. The lowest BCUT2D eigenvalue weighted by Crippen LogP contribution is -2.35. The second-order valence-corrected chi connectivity index (χ2v) is 13.6. The van der Waals surface area contributed by atoms with E-state index in [1.165, 1.54) is 15.8 Å². The molecule has 42 heavy (non-hydrogen) atoms. The van der Waals surface area contributed by atoms with E-state index in [1.807, 2.05) is 59.7 Å². The molecule has 1 saturated heterocycles. The summed E-state index contributed by atoms with van der Waals surface area (Å²) >= 11 is 2.77. The third kappa shape index (κ3) is 6.22. The largest absolute Gasteiger partial charge is 0.457 e.